The maximum absolute atomic E-state index is 7.53. The first-order valence-corrected chi connectivity index (χ1v) is 4.63. The van der Waals surface area contributed by atoms with Crippen LogP contribution in [0.25, 0.3) is 0 Å². The molecule has 0 saturated heterocycles. The lowest BCUT2D eigenvalue weighted by atomic mass is 9.77. The van der Waals surface area contributed by atoms with E-state index in [-0.39, 0.29) is 10.2 Å². The van der Waals surface area contributed by atoms with Crippen molar-refractivity contribution < 1.29 is 0 Å². The summed E-state index contributed by atoms with van der Waals surface area (Å²) in [6.07, 6.45) is 0.736. The van der Waals surface area contributed by atoms with Crippen LogP contribution in [0.2, 0.25) is 0 Å². The number of nitrogens with one attached hydrogen (secondary N) is 2. The Morgan fingerprint density at radius 3 is 2.00 bits per heavy atom. The third-order valence-electron chi connectivity index (χ3n) is 2.58. The third-order valence-corrected chi connectivity index (χ3v) is 3.18. The van der Waals surface area contributed by atoms with Crippen LogP contribution in [-0.4, -0.2) is 17.6 Å². The number of thiol groups is 1. The molecule has 3 heteroatoms. The molecule has 0 atom stereocenters. The van der Waals surface area contributed by atoms with Crippen molar-refractivity contribution in [3.05, 3.63) is 0 Å². The minimum Gasteiger partial charge on any atom is -0.377 e. The lowest BCUT2D eigenvalue weighted by Crippen LogP contribution is -2.38. The van der Waals surface area contributed by atoms with E-state index >= 15 is 0 Å². The summed E-state index contributed by atoms with van der Waals surface area (Å²) < 4.78 is -0.0594. The summed E-state index contributed by atoms with van der Waals surface area (Å²) in [4.78, 5) is 0. The van der Waals surface area contributed by atoms with Crippen LogP contribution in [0.5, 0.6) is 0 Å². The van der Waals surface area contributed by atoms with Gasteiger partial charge in [0.2, 0.25) is 0 Å². The fourth-order valence-corrected chi connectivity index (χ4v) is 0.826. The van der Waals surface area contributed by atoms with E-state index in [1.165, 1.54) is 0 Å². The van der Waals surface area contributed by atoms with E-state index in [0.29, 0.717) is 5.84 Å². The smallest absolute Gasteiger partial charge is 0.0934 e. The maximum atomic E-state index is 7.53. The fourth-order valence-electron chi connectivity index (χ4n) is 0.747. The SMILES string of the molecule is CNC(=N)CC(C)(C)C(C)(C)S. The monoisotopic (exact) mass is 188 g/mol. The normalized spacial score (nSPS) is 12.8. The average molecular weight is 188 g/mol. The molecule has 12 heavy (non-hydrogen) atoms. The number of rotatable bonds is 3. The van der Waals surface area contributed by atoms with Gasteiger partial charge < -0.3 is 5.32 Å². The summed E-state index contributed by atoms with van der Waals surface area (Å²) in [6, 6.07) is 0. The first-order valence-electron chi connectivity index (χ1n) is 4.18. The van der Waals surface area contributed by atoms with E-state index < -0.39 is 0 Å². The lowest BCUT2D eigenvalue weighted by Gasteiger charge is -2.37. The van der Waals surface area contributed by atoms with Gasteiger partial charge in [-0.3, -0.25) is 5.41 Å². The van der Waals surface area contributed by atoms with Crippen LogP contribution in [0, 0.1) is 10.8 Å². The van der Waals surface area contributed by atoms with Gasteiger partial charge in [0.15, 0.2) is 0 Å². The van der Waals surface area contributed by atoms with Gasteiger partial charge in [-0.1, -0.05) is 27.7 Å². The van der Waals surface area contributed by atoms with Crippen LogP contribution in [0.3, 0.4) is 0 Å². The molecule has 0 aliphatic rings. The van der Waals surface area contributed by atoms with Crippen molar-refractivity contribution >= 4 is 18.5 Å². The predicted molar refractivity (Wildman–Crippen MR) is 58.2 cm³/mol. The van der Waals surface area contributed by atoms with Crippen molar-refractivity contribution in [3.8, 4) is 0 Å². The molecule has 0 bridgehead atoms. The molecule has 0 unspecified atom stereocenters. The molecule has 0 aliphatic carbocycles. The van der Waals surface area contributed by atoms with Gasteiger partial charge in [0.25, 0.3) is 0 Å². The molecule has 0 heterocycles. The molecule has 0 fully saturated rings. The molecule has 0 amide bonds. The average Bonchev–Trinajstić information content (AvgIpc) is 1.84. The Labute approximate surface area is 81.0 Å². The summed E-state index contributed by atoms with van der Waals surface area (Å²) in [7, 11) is 1.78. The number of hydrogen-bond donors (Lipinski definition) is 3. The molecule has 0 spiro atoms. The van der Waals surface area contributed by atoms with Gasteiger partial charge in [0.05, 0.1) is 5.84 Å². The zero-order chi connectivity index (χ0) is 9.99. The zero-order valence-corrected chi connectivity index (χ0v) is 9.55. The Balaban J connectivity index is 4.33. The highest BCUT2D eigenvalue weighted by Crippen LogP contribution is 2.38. The lowest BCUT2D eigenvalue weighted by molar-refractivity contribution is 0.296. The molecule has 0 radical (unpaired) electrons. The second-order valence-corrected chi connectivity index (χ2v) is 5.47. The van der Waals surface area contributed by atoms with Crippen molar-refractivity contribution in [1.82, 2.24) is 5.32 Å². The van der Waals surface area contributed by atoms with E-state index in [2.05, 4.69) is 45.6 Å². The third kappa shape index (κ3) is 3.05. The van der Waals surface area contributed by atoms with Gasteiger partial charge in [0.1, 0.15) is 0 Å². The van der Waals surface area contributed by atoms with E-state index in [1.807, 2.05) is 0 Å². The maximum Gasteiger partial charge on any atom is 0.0934 e. The van der Waals surface area contributed by atoms with Crippen LogP contribution < -0.4 is 5.32 Å². The van der Waals surface area contributed by atoms with Gasteiger partial charge in [-0.25, -0.2) is 0 Å². The van der Waals surface area contributed by atoms with Crippen molar-refractivity contribution in [2.75, 3.05) is 7.05 Å². The minimum atomic E-state index is -0.0594. The van der Waals surface area contributed by atoms with E-state index in [0.717, 1.165) is 6.42 Å². The summed E-state index contributed by atoms with van der Waals surface area (Å²) in [5.74, 6) is 0.571. The second-order valence-electron chi connectivity index (χ2n) is 4.35. The molecule has 0 aromatic rings. The Kier molecular flexibility index (Phi) is 3.63. The van der Waals surface area contributed by atoms with Crippen LogP contribution in [0.1, 0.15) is 34.1 Å². The Morgan fingerprint density at radius 1 is 1.33 bits per heavy atom. The molecule has 2 nitrogen and oxygen atoms in total. The highest BCUT2D eigenvalue weighted by molar-refractivity contribution is 7.81. The molecule has 0 aromatic heterocycles. The Bertz CT molecular complexity index is 168. The molecule has 0 aromatic carbocycles. The largest absolute Gasteiger partial charge is 0.377 e. The predicted octanol–water partition coefficient (Wildman–Crippen LogP) is 2.31. The molecule has 72 valence electrons. The summed E-state index contributed by atoms with van der Waals surface area (Å²) >= 11 is 4.52. The fraction of sp³-hybridized carbons (Fsp3) is 0.889. The van der Waals surface area contributed by atoms with Gasteiger partial charge in [0, 0.05) is 18.2 Å². The van der Waals surface area contributed by atoms with E-state index in [4.69, 9.17) is 5.41 Å². The Morgan fingerprint density at radius 2 is 1.75 bits per heavy atom. The number of amidine groups is 1. The van der Waals surface area contributed by atoms with Crippen LogP contribution >= 0.6 is 12.6 Å². The summed E-state index contributed by atoms with van der Waals surface area (Å²) in [5, 5.41) is 10.4. The van der Waals surface area contributed by atoms with Crippen molar-refractivity contribution in [2.24, 2.45) is 5.41 Å². The summed E-state index contributed by atoms with van der Waals surface area (Å²) in [5.41, 5.74) is 0.0379. The van der Waals surface area contributed by atoms with Crippen LogP contribution in [0.15, 0.2) is 0 Å². The first-order chi connectivity index (χ1) is 5.20. The Hall–Kier alpha value is -0.180. The van der Waals surface area contributed by atoms with Crippen molar-refractivity contribution in [3.63, 3.8) is 0 Å². The van der Waals surface area contributed by atoms with Gasteiger partial charge in [-0.2, -0.15) is 12.6 Å². The van der Waals surface area contributed by atoms with E-state index in [9.17, 15) is 0 Å². The molecular weight excluding hydrogens is 168 g/mol. The van der Waals surface area contributed by atoms with Gasteiger partial charge in [-0.05, 0) is 5.41 Å². The van der Waals surface area contributed by atoms with Crippen LogP contribution in [-0.2, 0) is 0 Å². The second kappa shape index (κ2) is 3.69. The van der Waals surface area contributed by atoms with Gasteiger partial charge in [-0.15, -0.1) is 0 Å². The highest BCUT2D eigenvalue weighted by atomic mass is 32.1. The first kappa shape index (κ1) is 11.8. The molecule has 0 saturated carbocycles. The quantitative estimate of drug-likeness (QED) is 0.355. The molecular formula is C9H20N2S. The van der Waals surface area contributed by atoms with Crippen LogP contribution in [0.4, 0.5) is 0 Å². The standard InChI is InChI=1S/C9H20N2S/c1-8(2,9(3,4)12)6-7(10)11-5/h12H,6H2,1-5H3,(H2,10,11). The van der Waals surface area contributed by atoms with E-state index in [1.54, 1.807) is 7.05 Å². The number of hydrogen-bond acceptors (Lipinski definition) is 2. The minimum absolute atomic E-state index is 0.0379. The topological polar surface area (TPSA) is 35.9 Å². The zero-order valence-electron chi connectivity index (χ0n) is 8.65. The molecule has 0 rings (SSSR count). The highest BCUT2D eigenvalue weighted by Gasteiger charge is 2.34. The molecule has 2 N–H and O–H groups in total. The van der Waals surface area contributed by atoms with Crippen molar-refractivity contribution in [1.29, 1.82) is 5.41 Å². The molecule has 0 aliphatic heterocycles. The van der Waals surface area contributed by atoms with Crippen molar-refractivity contribution in [2.45, 2.75) is 38.9 Å². The van der Waals surface area contributed by atoms with Gasteiger partial charge >= 0.3 is 0 Å². The summed E-state index contributed by atoms with van der Waals surface area (Å²) in [6.45, 7) is 8.43.